The Kier molecular flexibility index (Phi) is 4.03. The number of anilines is 1. The molecule has 0 spiro atoms. The molecule has 0 aromatic heterocycles. The maximum absolute atomic E-state index is 11.8. The van der Waals surface area contributed by atoms with E-state index in [-0.39, 0.29) is 17.3 Å². The number of nitrogens with zero attached hydrogens (tertiary/aromatic N) is 1. The van der Waals surface area contributed by atoms with Crippen molar-refractivity contribution in [2.24, 2.45) is 0 Å². The first-order valence-corrected chi connectivity index (χ1v) is 5.30. The molecule has 0 saturated carbocycles. The highest BCUT2D eigenvalue weighted by Gasteiger charge is 2.20. The van der Waals surface area contributed by atoms with Crippen LogP contribution in [0.4, 0.5) is 11.4 Å². The van der Waals surface area contributed by atoms with E-state index in [0.717, 1.165) is 6.42 Å². The Balaban J connectivity index is 3.06. The highest BCUT2D eigenvalue weighted by atomic mass is 16.6. The molecule has 1 atom stereocenters. The Morgan fingerprint density at radius 2 is 2.24 bits per heavy atom. The van der Waals surface area contributed by atoms with Gasteiger partial charge in [0.05, 0.1) is 4.92 Å². The van der Waals surface area contributed by atoms with Gasteiger partial charge >= 0.3 is 0 Å². The minimum absolute atomic E-state index is 0.00435. The lowest BCUT2D eigenvalue weighted by Gasteiger charge is -2.11. The number of amides is 1. The zero-order chi connectivity index (χ0) is 13.0. The third-order valence-electron chi connectivity index (χ3n) is 2.45. The number of benzene rings is 1. The van der Waals surface area contributed by atoms with Gasteiger partial charge in [0.2, 0.25) is 0 Å². The lowest BCUT2D eigenvalue weighted by atomic mass is 10.1. The van der Waals surface area contributed by atoms with Crippen LogP contribution >= 0.6 is 0 Å². The van der Waals surface area contributed by atoms with Gasteiger partial charge in [-0.05, 0) is 25.5 Å². The lowest BCUT2D eigenvalue weighted by Crippen LogP contribution is -2.32. The smallest absolute Gasteiger partial charge is 0.282 e. The third-order valence-corrected chi connectivity index (χ3v) is 2.45. The molecule has 0 aliphatic heterocycles. The standard InChI is InChI=1S/C11H15N3O3/c1-3-7(2)13-11(15)9-6-8(12)4-5-10(9)14(16)17/h4-7H,3,12H2,1-2H3,(H,13,15). The van der Waals surface area contributed by atoms with Crippen LogP contribution in [-0.2, 0) is 0 Å². The fraction of sp³-hybridized carbons (Fsp3) is 0.364. The molecule has 0 aliphatic carbocycles. The number of nitro groups is 1. The molecule has 0 saturated heterocycles. The molecule has 1 aromatic rings. The molecule has 0 bridgehead atoms. The van der Waals surface area contributed by atoms with E-state index in [1.807, 2.05) is 13.8 Å². The number of nitro benzene ring substituents is 1. The first-order valence-electron chi connectivity index (χ1n) is 5.30. The Morgan fingerprint density at radius 3 is 2.76 bits per heavy atom. The summed E-state index contributed by atoms with van der Waals surface area (Å²) in [5.41, 5.74) is 5.61. The molecule has 1 unspecified atom stereocenters. The van der Waals surface area contributed by atoms with E-state index in [9.17, 15) is 14.9 Å². The largest absolute Gasteiger partial charge is 0.399 e. The summed E-state index contributed by atoms with van der Waals surface area (Å²) in [5, 5.41) is 13.4. The van der Waals surface area contributed by atoms with Crippen LogP contribution in [-0.4, -0.2) is 16.9 Å². The normalized spacial score (nSPS) is 11.9. The summed E-state index contributed by atoms with van der Waals surface area (Å²) in [6.07, 6.45) is 0.752. The lowest BCUT2D eigenvalue weighted by molar-refractivity contribution is -0.385. The van der Waals surface area contributed by atoms with Crippen LogP contribution in [0.2, 0.25) is 0 Å². The van der Waals surface area contributed by atoms with E-state index >= 15 is 0 Å². The first-order chi connectivity index (χ1) is 7.95. The van der Waals surface area contributed by atoms with Gasteiger partial charge < -0.3 is 11.1 Å². The van der Waals surface area contributed by atoms with Crippen LogP contribution in [0.3, 0.4) is 0 Å². The van der Waals surface area contributed by atoms with Crippen LogP contribution in [0, 0.1) is 10.1 Å². The molecule has 6 heteroatoms. The van der Waals surface area contributed by atoms with Crippen molar-refractivity contribution in [1.82, 2.24) is 5.32 Å². The second kappa shape index (κ2) is 5.29. The molecular weight excluding hydrogens is 222 g/mol. The average molecular weight is 237 g/mol. The molecule has 0 aliphatic rings. The molecule has 0 radical (unpaired) electrons. The van der Waals surface area contributed by atoms with Crippen LogP contribution in [0.15, 0.2) is 18.2 Å². The maximum atomic E-state index is 11.8. The first kappa shape index (κ1) is 13.0. The van der Waals surface area contributed by atoms with Crippen molar-refractivity contribution in [3.05, 3.63) is 33.9 Å². The summed E-state index contributed by atoms with van der Waals surface area (Å²) in [4.78, 5) is 22.0. The fourth-order valence-electron chi connectivity index (χ4n) is 1.30. The van der Waals surface area contributed by atoms with E-state index in [4.69, 9.17) is 5.73 Å². The van der Waals surface area contributed by atoms with Crippen LogP contribution in [0.25, 0.3) is 0 Å². The van der Waals surface area contributed by atoms with Gasteiger partial charge in [-0.15, -0.1) is 0 Å². The number of hydrogen-bond acceptors (Lipinski definition) is 4. The molecular formula is C11H15N3O3. The number of carbonyl (C=O) groups excluding carboxylic acids is 1. The van der Waals surface area contributed by atoms with Crippen molar-refractivity contribution < 1.29 is 9.72 Å². The fourth-order valence-corrected chi connectivity index (χ4v) is 1.30. The van der Waals surface area contributed by atoms with E-state index in [2.05, 4.69) is 5.32 Å². The summed E-state index contributed by atoms with van der Waals surface area (Å²) in [5.74, 6) is -0.474. The van der Waals surface area contributed by atoms with Gasteiger partial charge in [-0.25, -0.2) is 0 Å². The summed E-state index contributed by atoms with van der Waals surface area (Å²) in [6.45, 7) is 3.74. The Morgan fingerprint density at radius 1 is 1.59 bits per heavy atom. The topological polar surface area (TPSA) is 98.3 Å². The Bertz CT molecular complexity index is 446. The minimum atomic E-state index is -0.592. The third kappa shape index (κ3) is 3.17. The van der Waals surface area contributed by atoms with Gasteiger partial charge in [0.15, 0.2) is 0 Å². The maximum Gasteiger partial charge on any atom is 0.282 e. The zero-order valence-electron chi connectivity index (χ0n) is 9.77. The predicted molar refractivity (Wildman–Crippen MR) is 64.7 cm³/mol. The van der Waals surface area contributed by atoms with Crippen molar-refractivity contribution in [2.45, 2.75) is 26.3 Å². The van der Waals surface area contributed by atoms with E-state index in [0.29, 0.717) is 5.69 Å². The highest BCUT2D eigenvalue weighted by Crippen LogP contribution is 2.21. The molecule has 0 fully saturated rings. The molecule has 17 heavy (non-hydrogen) atoms. The van der Waals surface area contributed by atoms with Crippen molar-refractivity contribution in [3.63, 3.8) is 0 Å². The van der Waals surface area contributed by atoms with Crippen LogP contribution < -0.4 is 11.1 Å². The molecule has 1 amide bonds. The summed E-state index contributed by atoms with van der Waals surface area (Å²) in [6, 6.07) is 3.91. The van der Waals surface area contributed by atoms with Gasteiger partial charge in [-0.2, -0.15) is 0 Å². The van der Waals surface area contributed by atoms with Crippen LogP contribution in [0.1, 0.15) is 30.6 Å². The van der Waals surface area contributed by atoms with Gasteiger partial charge in [0.25, 0.3) is 11.6 Å². The number of nitrogen functional groups attached to an aromatic ring is 1. The van der Waals surface area contributed by atoms with Crippen LogP contribution in [0.5, 0.6) is 0 Å². The quantitative estimate of drug-likeness (QED) is 0.473. The van der Waals surface area contributed by atoms with Gasteiger partial charge in [0.1, 0.15) is 5.56 Å². The van der Waals surface area contributed by atoms with Crippen molar-refractivity contribution >= 4 is 17.3 Å². The van der Waals surface area contributed by atoms with E-state index in [1.54, 1.807) is 0 Å². The van der Waals surface area contributed by atoms with Crippen molar-refractivity contribution in [3.8, 4) is 0 Å². The second-order valence-electron chi connectivity index (χ2n) is 3.82. The number of nitrogens with two attached hydrogens (primary N) is 1. The second-order valence-corrected chi connectivity index (χ2v) is 3.82. The highest BCUT2D eigenvalue weighted by molar-refractivity contribution is 5.99. The Labute approximate surface area is 99.0 Å². The number of nitrogens with one attached hydrogen (secondary N) is 1. The monoisotopic (exact) mass is 237 g/mol. The predicted octanol–water partition coefficient (Wildman–Crippen LogP) is 1.71. The summed E-state index contributed by atoms with van der Waals surface area (Å²) in [7, 11) is 0. The molecule has 3 N–H and O–H groups in total. The summed E-state index contributed by atoms with van der Waals surface area (Å²) >= 11 is 0. The van der Waals surface area contributed by atoms with Gasteiger partial charge in [-0.3, -0.25) is 14.9 Å². The van der Waals surface area contributed by atoms with Crippen molar-refractivity contribution in [1.29, 1.82) is 0 Å². The average Bonchev–Trinajstić information content (AvgIpc) is 2.28. The van der Waals surface area contributed by atoms with Crippen molar-refractivity contribution in [2.75, 3.05) is 5.73 Å². The molecule has 1 rings (SSSR count). The van der Waals surface area contributed by atoms with Gasteiger partial charge in [0, 0.05) is 17.8 Å². The van der Waals surface area contributed by atoms with E-state index < -0.39 is 10.8 Å². The number of hydrogen-bond donors (Lipinski definition) is 2. The SMILES string of the molecule is CCC(C)NC(=O)c1cc(N)ccc1[N+](=O)[O-]. The minimum Gasteiger partial charge on any atom is -0.399 e. The molecule has 1 aromatic carbocycles. The number of rotatable bonds is 4. The summed E-state index contributed by atoms with van der Waals surface area (Å²) < 4.78 is 0. The molecule has 6 nitrogen and oxygen atoms in total. The zero-order valence-corrected chi connectivity index (χ0v) is 9.77. The van der Waals surface area contributed by atoms with Gasteiger partial charge in [-0.1, -0.05) is 6.92 Å². The van der Waals surface area contributed by atoms with E-state index in [1.165, 1.54) is 18.2 Å². The number of carbonyl (C=O) groups is 1. The molecule has 92 valence electrons. The molecule has 0 heterocycles. The Hall–Kier alpha value is -2.11.